The Labute approximate surface area is 310 Å². The van der Waals surface area contributed by atoms with Gasteiger partial charge in [-0.15, -0.1) is 0 Å². The van der Waals surface area contributed by atoms with Gasteiger partial charge in [0.2, 0.25) is 0 Å². The summed E-state index contributed by atoms with van der Waals surface area (Å²) < 4.78 is 0. The molecule has 0 aliphatic heterocycles. The van der Waals surface area contributed by atoms with Crippen LogP contribution in [0.2, 0.25) is 0 Å². The number of benzene rings is 4. The molecular formula is C48H68P2. The van der Waals surface area contributed by atoms with E-state index in [1.165, 1.54) is 43.5 Å². The molecule has 0 bridgehead atoms. The minimum absolute atomic E-state index is 0.0915. The zero-order valence-electron chi connectivity index (χ0n) is 34.5. The Bertz CT molecular complexity index is 1420. The monoisotopic (exact) mass is 706 g/mol. The van der Waals surface area contributed by atoms with E-state index in [0.29, 0.717) is 11.3 Å². The van der Waals surface area contributed by atoms with E-state index in [1.54, 1.807) is 0 Å². The molecule has 0 amide bonds. The predicted octanol–water partition coefficient (Wildman–Crippen LogP) is 12.6. The van der Waals surface area contributed by atoms with E-state index in [4.69, 9.17) is 0 Å². The van der Waals surface area contributed by atoms with Gasteiger partial charge in [0.25, 0.3) is 0 Å². The van der Waals surface area contributed by atoms with E-state index in [1.807, 2.05) is 0 Å². The standard InChI is InChI=1S/C48H68P2/c1-17-48(16,34(2)49(40-26-18-36(19-27-40)44(4,5)6)41-28-20-37(21-29-41)45(7,8)9)35(3)50(42-30-22-38(23-31-42)46(10,11)12)43-32-24-39(25-33-43)47(13,14)15/h18-35H,17H2,1-16H3. The van der Waals surface area contributed by atoms with Gasteiger partial charge in [0.05, 0.1) is 0 Å². The van der Waals surface area contributed by atoms with E-state index in [0.717, 1.165) is 6.42 Å². The first kappa shape index (κ1) is 40.5. The first-order chi connectivity index (χ1) is 23.0. The summed E-state index contributed by atoms with van der Waals surface area (Å²) in [6, 6.07) is 38.8. The van der Waals surface area contributed by atoms with E-state index in [-0.39, 0.29) is 27.1 Å². The van der Waals surface area contributed by atoms with Crippen LogP contribution in [0.25, 0.3) is 0 Å². The Morgan fingerprint density at radius 2 is 0.540 bits per heavy atom. The van der Waals surface area contributed by atoms with Crippen molar-refractivity contribution in [3.05, 3.63) is 119 Å². The zero-order chi connectivity index (χ0) is 37.4. The zero-order valence-corrected chi connectivity index (χ0v) is 36.3. The maximum Gasteiger partial charge on any atom is -0.00972 e. The third-order valence-corrected chi connectivity index (χ3v) is 17.6. The summed E-state index contributed by atoms with van der Waals surface area (Å²) in [7, 11) is -1.26. The molecule has 0 aliphatic rings. The SMILES string of the molecule is CCC(C)(C(C)P(c1ccc(C(C)(C)C)cc1)c1ccc(C(C)(C)C)cc1)C(C)P(c1ccc(C(C)(C)C)cc1)c1ccc(C(C)(C)C)cc1. The molecule has 0 radical (unpaired) electrons. The van der Waals surface area contributed by atoms with Crippen molar-refractivity contribution in [2.45, 2.75) is 150 Å². The van der Waals surface area contributed by atoms with E-state index < -0.39 is 15.8 Å². The van der Waals surface area contributed by atoms with Crippen LogP contribution in [0, 0.1) is 5.41 Å². The molecule has 270 valence electrons. The van der Waals surface area contributed by atoms with E-state index >= 15 is 0 Å². The fourth-order valence-electron chi connectivity index (χ4n) is 7.21. The quantitative estimate of drug-likeness (QED) is 0.152. The molecule has 4 aromatic rings. The van der Waals surface area contributed by atoms with Crippen molar-refractivity contribution in [1.29, 1.82) is 0 Å². The van der Waals surface area contributed by atoms with Gasteiger partial charge in [0.15, 0.2) is 0 Å². The minimum Gasteiger partial charge on any atom is -0.0648 e. The minimum atomic E-state index is -0.628. The summed E-state index contributed by atoms with van der Waals surface area (Å²) in [5.41, 5.74) is 7.16. The van der Waals surface area contributed by atoms with Crippen LogP contribution in [0.3, 0.4) is 0 Å². The number of hydrogen-bond donors (Lipinski definition) is 0. The lowest BCUT2D eigenvalue weighted by Gasteiger charge is -2.47. The second kappa shape index (κ2) is 15.0. The molecule has 2 heteroatoms. The molecule has 0 heterocycles. The summed E-state index contributed by atoms with van der Waals surface area (Å²) in [4.78, 5) is 0. The normalized spacial score (nSPS) is 15.6. The predicted molar refractivity (Wildman–Crippen MR) is 230 cm³/mol. The van der Waals surface area contributed by atoms with Gasteiger partial charge in [0.1, 0.15) is 0 Å². The Kier molecular flexibility index (Phi) is 12.2. The Balaban J connectivity index is 1.88. The molecule has 0 N–H and O–H groups in total. The van der Waals surface area contributed by atoms with Gasteiger partial charge < -0.3 is 0 Å². The molecule has 2 atom stereocenters. The van der Waals surface area contributed by atoms with Crippen LogP contribution in [0.5, 0.6) is 0 Å². The third-order valence-electron chi connectivity index (χ3n) is 11.5. The van der Waals surface area contributed by atoms with Crippen molar-refractivity contribution in [3.63, 3.8) is 0 Å². The highest BCUT2D eigenvalue weighted by molar-refractivity contribution is 7.74. The van der Waals surface area contributed by atoms with Gasteiger partial charge in [-0.3, -0.25) is 0 Å². The average Bonchev–Trinajstić information content (AvgIpc) is 3.04. The van der Waals surface area contributed by atoms with E-state index in [2.05, 4.69) is 208 Å². The van der Waals surface area contributed by atoms with Crippen LogP contribution in [-0.4, -0.2) is 11.3 Å². The first-order valence-corrected chi connectivity index (χ1v) is 21.8. The van der Waals surface area contributed by atoms with Gasteiger partial charge in [-0.05, 0) is 104 Å². The molecule has 0 saturated carbocycles. The Morgan fingerprint density at radius 3 is 0.680 bits per heavy atom. The molecule has 2 unspecified atom stereocenters. The van der Waals surface area contributed by atoms with Crippen LogP contribution < -0.4 is 21.2 Å². The van der Waals surface area contributed by atoms with Crippen molar-refractivity contribution in [2.24, 2.45) is 5.41 Å². The molecule has 0 aliphatic carbocycles. The second-order valence-electron chi connectivity index (χ2n) is 19.1. The van der Waals surface area contributed by atoms with Gasteiger partial charge >= 0.3 is 0 Å². The average molecular weight is 707 g/mol. The van der Waals surface area contributed by atoms with E-state index in [9.17, 15) is 0 Å². The lowest BCUT2D eigenvalue weighted by Crippen LogP contribution is -2.43. The van der Waals surface area contributed by atoms with Crippen LogP contribution >= 0.6 is 15.8 Å². The third kappa shape index (κ3) is 9.02. The Morgan fingerprint density at radius 1 is 0.360 bits per heavy atom. The highest BCUT2D eigenvalue weighted by Crippen LogP contribution is 2.58. The molecule has 50 heavy (non-hydrogen) atoms. The molecule has 0 fully saturated rings. The van der Waals surface area contributed by atoms with Crippen molar-refractivity contribution >= 4 is 37.1 Å². The van der Waals surface area contributed by atoms with Gasteiger partial charge in [-0.2, -0.15) is 0 Å². The summed E-state index contributed by atoms with van der Waals surface area (Å²) in [5, 5.41) is 5.96. The van der Waals surface area contributed by atoms with Gasteiger partial charge in [-0.25, -0.2) is 0 Å². The maximum atomic E-state index is 2.62. The molecule has 4 rings (SSSR count). The maximum absolute atomic E-state index is 2.62. The summed E-state index contributed by atoms with van der Waals surface area (Å²) in [6.45, 7) is 38.1. The molecule has 0 aromatic heterocycles. The van der Waals surface area contributed by atoms with Crippen LogP contribution in [0.1, 0.15) is 139 Å². The van der Waals surface area contributed by atoms with Crippen molar-refractivity contribution in [2.75, 3.05) is 0 Å². The molecule has 4 aromatic carbocycles. The topological polar surface area (TPSA) is 0 Å². The van der Waals surface area contributed by atoms with Crippen LogP contribution in [-0.2, 0) is 21.7 Å². The molecule has 0 spiro atoms. The molecular weight excluding hydrogens is 638 g/mol. The highest BCUT2D eigenvalue weighted by atomic mass is 31.1. The fourth-order valence-corrected chi connectivity index (χ4v) is 13.6. The lowest BCUT2D eigenvalue weighted by molar-refractivity contribution is 0.302. The van der Waals surface area contributed by atoms with Crippen LogP contribution in [0.4, 0.5) is 0 Å². The summed E-state index contributed by atoms with van der Waals surface area (Å²) >= 11 is 0. The highest BCUT2D eigenvalue weighted by Gasteiger charge is 2.44. The largest absolute Gasteiger partial charge is 0.0648 e. The number of hydrogen-bond acceptors (Lipinski definition) is 0. The first-order valence-electron chi connectivity index (χ1n) is 19.0. The number of rotatable bonds is 9. The Hall–Kier alpha value is -2.26. The fraction of sp³-hybridized carbons (Fsp3) is 0.500. The lowest BCUT2D eigenvalue weighted by atomic mass is 9.81. The van der Waals surface area contributed by atoms with Crippen molar-refractivity contribution < 1.29 is 0 Å². The molecule has 0 saturated heterocycles. The van der Waals surface area contributed by atoms with Crippen molar-refractivity contribution in [1.82, 2.24) is 0 Å². The van der Waals surface area contributed by atoms with Crippen molar-refractivity contribution in [3.8, 4) is 0 Å². The van der Waals surface area contributed by atoms with Crippen LogP contribution in [0.15, 0.2) is 97.1 Å². The van der Waals surface area contributed by atoms with Gasteiger partial charge in [-0.1, -0.05) is 208 Å². The molecule has 0 nitrogen and oxygen atoms in total. The second-order valence-corrected chi connectivity index (χ2v) is 24.2. The summed E-state index contributed by atoms with van der Waals surface area (Å²) in [5.74, 6) is 0. The smallest absolute Gasteiger partial charge is 0.00972 e. The summed E-state index contributed by atoms with van der Waals surface area (Å²) in [6.07, 6.45) is 1.13. The van der Waals surface area contributed by atoms with Gasteiger partial charge in [0, 0.05) is 0 Å².